The molecule has 0 aliphatic heterocycles. The minimum Gasteiger partial charge on any atom is -0.507 e. The van der Waals surface area contributed by atoms with Crippen LogP contribution in [0.3, 0.4) is 0 Å². The summed E-state index contributed by atoms with van der Waals surface area (Å²) in [6.07, 6.45) is 22.1. The van der Waals surface area contributed by atoms with Gasteiger partial charge in [-0.05, 0) is 54.8 Å². The highest BCUT2D eigenvalue weighted by Crippen LogP contribution is 2.23. The van der Waals surface area contributed by atoms with Crippen molar-refractivity contribution < 1.29 is 14.6 Å². The Morgan fingerprint density at radius 1 is 0.758 bits per heavy atom. The van der Waals surface area contributed by atoms with Gasteiger partial charge < -0.3 is 9.84 Å². The van der Waals surface area contributed by atoms with Crippen molar-refractivity contribution in [2.45, 2.75) is 130 Å². The molecule has 0 aliphatic rings. The van der Waals surface area contributed by atoms with Crippen LogP contribution >= 0.6 is 11.8 Å². The monoisotopic (exact) mass is 478 g/mol. The number of rotatable bonds is 21. The molecule has 0 unspecified atom stereocenters. The van der Waals surface area contributed by atoms with E-state index in [4.69, 9.17) is 4.74 Å². The Hall–Kier alpha value is -1.16. The second-order valence-corrected chi connectivity index (χ2v) is 10.7. The maximum absolute atomic E-state index is 11.9. The maximum Gasteiger partial charge on any atom is 0.316 e. The lowest BCUT2D eigenvalue weighted by molar-refractivity contribution is -0.141. The third kappa shape index (κ3) is 16.2. The van der Waals surface area contributed by atoms with Crippen molar-refractivity contribution in [1.82, 2.24) is 0 Å². The number of benzene rings is 1. The van der Waals surface area contributed by atoms with Crippen molar-refractivity contribution in [3.63, 3.8) is 0 Å². The lowest BCUT2D eigenvalue weighted by Crippen LogP contribution is -2.08. The summed E-state index contributed by atoms with van der Waals surface area (Å²) >= 11 is 1.68. The molecule has 0 saturated heterocycles. The zero-order valence-corrected chi connectivity index (χ0v) is 22.6. The van der Waals surface area contributed by atoms with Crippen LogP contribution in [-0.4, -0.2) is 22.6 Å². The highest BCUT2D eigenvalue weighted by atomic mass is 32.2. The third-order valence-electron chi connectivity index (χ3n) is 6.31. The van der Waals surface area contributed by atoms with Gasteiger partial charge >= 0.3 is 5.97 Å². The van der Waals surface area contributed by atoms with E-state index in [2.05, 4.69) is 6.92 Å². The van der Waals surface area contributed by atoms with Crippen LogP contribution in [0, 0.1) is 13.8 Å². The second-order valence-electron chi connectivity index (χ2n) is 9.59. The van der Waals surface area contributed by atoms with Crippen molar-refractivity contribution in [2.24, 2.45) is 0 Å². The number of carbonyl (C=O) groups excluding carboxylic acids is 1. The van der Waals surface area contributed by atoms with Crippen molar-refractivity contribution >= 4 is 17.7 Å². The molecular weight excluding hydrogens is 428 g/mol. The maximum atomic E-state index is 11.9. The second kappa shape index (κ2) is 20.2. The number of hydrogen-bond acceptors (Lipinski definition) is 4. The van der Waals surface area contributed by atoms with E-state index in [1.54, 1.807) is 11.8 Å². The number of thioether (sulfide) groups is 1. The number of ether oxygens (including phenoxy) is 1. The van der Waals surface area contributed by atoms with E-state index in [1.165, 1.54) is 103 Å². The van der Waals surface area contributed by atoms with Crippen LogP contribution in [0.15, 0.2) is 12.1 Å². The van der Waals surface area contributed by atoms with Crippen molar-refractivity contribution in [2.75, 3.05) is 11.5 Å². The van der Waals surface area contributed by atoms with Gasteiger partial charge in [0.15, 0.2) is 0 Å². The molecule has 0 saturated carbocycles. The van der Waals surface area contributed by atoms with Gasteiger partial charge in [0.1, 0.15) is 12.4 Å². The van der Waals surface area contributed by atoms with E-state index in [0.717, 1.165) is 22.4 Å². The van der Waals surface area contributed by atoms with Crippen LogP contribution in [0.1, 0.15) is 126 Å². The fourth-order valence-corrected chi connectivity index (χ4v) is 5.04. The number of aryl methyl sites for hydroxylation is 2. The molecule has 1 aromatic carbocycles. The molecule has 0 spiro atoms. The minimum absolute atomic E-state index is 0.153. The fraction of sp³-hybridized carbons (Fsp3) is 0.759. The molecule has 1 aromatic rings. The standard InChI is InChI=1S/C29H50O3S/c1-4-5-6-7-8-9-10-11-12-13-14-15-16-17-18-19-20-33-24-28(30)32-23-27-21-25(2)29(31)26(3)22-27/h21-22,31H,4-20,23-24H2,1-3H3. The number of hydrogen-bond donors (Lipinski definition) is 1. The van der Waals surface area contributed by atoms with Gasteiger partial charge in [-0.2, -0.15) is 11.8 Å². The predicted molar refractivity (Wildman–Crippen MR) is 144 cm³/mol. The van der Waals surface area contributed by atoms with E-state index in [-0.39, 0.29) is 12.6 Å². The van der Waals surface area contributed by atoms with Crippen LogP contribution in [0.5, 0.6) is 5.75 Å². The van der Waals surface area contributed by atoms with Gasteiger partial charge in [0, 0.05) is 0 Å². The van der Waals surface area contributed by atoms with Crippen LogP contribution in [0.4, 0.5) is 0 Å². The summed E-state index contributed by atoms with van der Waals surface area (Å²) in [5.41, 5.74) is 2.57. The Labute approximate surface area is 208 Å². The molecule has 0 fully saturated rings. The summed E-state index contributed by atoms with van der Waals surface area (Å²) in [5, 5.41) is 9.82. The van der Waals surface area contributed by atoms with Crippen LogP contribution in [0.2, 0.25) is 0 Å². The summed E-state index contributed by atoms with van der Waals surface area (Å²) in [7, 11) is 0. The zero-order chi connectivity index (χ0) is 24.2. The van der Waals surface area contributed by atoms with Gasteiger partial charge in [-0.1, -0.05) is 103 Å². The third-order valence-corrected chi connectivity index (χ3v) is 7.33. The molecular formula is C29H50O3S. The number of esters is 1. The molecule has 0 radical (unpaired) electrons. The molecule has 0 aliphatic carbocycles. The van der Waals surface area contributed by atoms with E-state index in [0.29, 0.717) is 11.5 Å². The van der Waals surface area contributed by atoms with Crippen LogP contribution < -0.4 is 0 Å². The Morgan fingerprint density at radius 2 is 1.18 bits per heavy atom. The van der Waals surface area contributed by atoms with Gasteiger partial charge in [-0.15, -0.1) is 0 Å². The largest absolute Gasteiger partial charge is 0.507 e. The SMILES string of the molecule is CCCCCCCCCCCCCCCCCCSCC(=O)OCc1cc(C)c(O)c(C)c1. The normalized spacial score (nSPS) is 11.1. The quantitative estimate of drug-likeness (QED) is 0.141. The van der Waals surface area contributed by atoms with Crippen LogP contribution in [-0.2, 0) is 16.1 Å². The minimum atomic E-state index is -0.153. The number of phenolic OH excluding ortho intramolecular Hbond substituents is 1. The smallest absolute Gasteiger partial charge is 0.316 e. The zero-order valence-electron chi connectivity index (χ0n) is 21.8. The highest BCUT2D eigenvalue weighted by Gasteiger charge is 2.07. The molecule has 1 rings (SSSR count). The first-order valence-corrected chi connectivity index (χ1v) is 14.7. The highest BCUT2D eigenvalue weighted by molar-refractivity contribution is 7.99. The lowest BCUT2D eigenvalue weighted by atomic mass is 10.0. The van der Waals surface area contributed by atoms with E-state index in [1.807, 2.05) is 26.0 Å². The summed E-state index contributed by atoms with van der Waals surface area (Å²) in [6.45, 7) is 6.29. The van der Waals surface area contributed by atoms with Gasteiger partial charge in [0.2, 0.25) is 0 Å². The molecule has 1 N–H and O–H groups in total. The summed E-state index contributed by atoms with van der Waals surface area (Å²) in [5.74, 6) is 1.62. The number of aromatic hydroxyl groups is 1. The van der Waals surface area contributed by atoms with Gasteiger partial charge in [-0.3, -0.25) is 4.79 Å². The van der Waals surface area contributed by atoms with Crippen molar-refractivity contribution in [3.8, 4) is 5.75 Å². The number of unbranched alkanes of at least 4 members (excludes halogenated alkanes) is 15. The first-order valence-electron chi connectivity index (χ1n) is 13.6. The van der Waals surface area contributed by atoms with E-state index >= 15 is 0 Å². The average molecular weight is 479 g/mol. The molecule has 3 nitrogen and oxygen atoms in total. The lowest BCUT2D eigenvalue weighted by Gasteiger charge is -2.09. The molecule has 0 amide bonds. The summed E-state index contributed by atoms with van der Waals surface area (Å²) in [4.78, 5) is 11.9. The average Bonchev–Trinajstić information content (AvgIpc) is 2.80. The first kappa shape index (κ1) is 29.9. The number of carbonyl (C=O) groups is 1. The molecule has 33 heavy (non-hydrogen) atoms. The Bertz CT molecular complexity index is 606. The number of phenols is 1. The molecule has 0 bridgehead atoms. The Kier molecular flexibility index (Phi) is 18.3. The van der Waals surface area contributed by atoms with Gasteiger partial charge in [-0.25, -0.2) is 0 Å². The molecule has 4 heteroatoms. The topological polar surface area (TPSA) is 46.5 Å². The van der Waals surface area contributed by atoms with Crippen molar-refractivity contribution in [1.29, 1.82) is 0 Å². The van der Waals surface area contributed by atoms with Crippen molar-refractivity contribution in [3.05, 3.63) is 28.8 Å². The van der Waals surface area contributed by atoms with Crippen LogP contribution in [0.25, 0.3) is 0 Å². The van der Waals surface area contributed by atoms with Gasteiger partial charge in [0.05, 0.1) is 5.75 Å². The summed E-state index contributed by atoms with van der Waals surface area (Å²) in [6, 6.07) is 3.75. The molecule has 0 aromatic heterocycles. The first-order chi connectivity index (χ1) is 16.0. The van der Waals surface area contributed by atoms with Gasteiger partial charge in [0.25, 0.3) is 0 Å². The Balaban J connectivity index is 1.83. The van der Waals surface area contributed by atoms with E-state index in [9.17, 15) is 9.90 Å². The van der Waals surface area contributed by atoms with E-state index < -0.39 is 0 Å². The summed E-state index contributed by atoms with van der Waals surface area (Å²) < 4.78 is 5.37. The Morgan fingerprint density at radius 3 is 1.64 bits per heavy atom. The fourth-order valence-electron chi connectivity index (χ4n) is 4.24. The molecule has 0 heterocycles. The molecule has 0 atom stereocenters. The predicted octanol–water partition coefficient (Wildman–Crippen LogP) is 9.05. The molecule has 190 valence electrons.